The molecule has 104 valence electrons. The van der Waals surface area contributed by atoms with E-state index in [0.29, 0.717) is 4.99 Å². The summed E-state index contributed by atoms with van der Waals surface area (Å²) in [7, 11) is 0. The zero-order chi connectivity index (χ0) is 14.6. The zero-order valence-corrected chi connectivity index (χ0v) is 13.0. The quantitative estimate of drug-likeness (QED) is 0.618. The number of hydrogen-bond acceptors (Lipinski definition) is 4. The van der Waals surface area contributed by atoms with Crippen LogP contribution in [0.3, 0.4) is 0 Å². The lowest BCUT2D eigenvalue weighted by atomic mass is 10.1. The number of amides is 1. The largest absolute Gasteiger partial charge is 0.389 e. The van der Waals surface area contributed by atoms with Gasteiger partial charge in [-0.05, 0) is 32.2 Å². The number of primary amides is 1. The number of thioether (sulfide) groups is 1. The van der Waals surface area contributed by atoms with Crippen LogP contribution < -0.4 is 16.4 Å². The first kappa shape index (κ1) is 15.8. The van der Waals surface area contributed by atoms with Crippen LogP contribution in [0.5, 0.6) is 0 Å². The van der Waals surface area contributed by atoms with Gasteiger partial charge in [-0.1, -0.05) is 18.3 Å². The molecule has 0 spiro atoms. The first-order valence-electron chi connectivity index (χ1n) is 5.90. The average Bonchev–Trinajstić information content (AvgIpc) is 2.34. The van der Waals surface area contributed by atoms with Gasteiger partial charge in [0.15, 0.2) is 0 Å². The molecule has 0 heterocycles. The third kappa shape index (κ3) is 3.84. The maximum atomic E-state index is 11.2. The minimum Gasteiger partial charge on any atom is -0.389 e. The summed E-state index contributed by atoms with van der Waals surface area (Å²) in [6.07, 6.45) is 1.97. The number of anilines is 1. The molecule has 6 heteroatoms. The van der Waals surface area contributed by atoms with Crippen molar-refractivity contribution in [3.63, 3.8) is 0 Å². The summed E-state index contributed by atoms with van der Waals surface area (Å²) in [5.41, 5.74) is 12.8. The van der Waals surface area contributed by atoms with E-state index in [0.717, 1.165) is 16.1 Å². The molecule has 4 nitrogen and oxygen atoms in total. The highest BCUT2D eigenvalue weighted by Crippen LogP contribution is 2.30. The summed E-state index contributed by atoms with van der Waals surface area (Å²) in [6, 6.07) is 5.93. The van der Waals surface area contributed by atoms with Crippen LogP contribution in [0.4, 0.5) is 5.69 Å². The molecule has 0 fully saturated rings. The van der Waals surface area contributed by atoms with Crippen molar-refractivity contribution in [3.05, 3.63) is 23.8 Å². The van der Waals surface area contributed by atoms with Gasteiger partial charge >= 0.3 is 0 Å². The summed E-state index contributed by atoms with van der Waals surface area (Å²) in [6.45, 7) is 4.14. The Hall–Kier alpha value is -1.27. The first-order valence-corrected chi connectivity index (χ1v) is 7.53. The van der Waals surface area contributed by atoms with Gasteiger partial charge in [0.05, 0.1) is 6.54 Å². The maximum Gasteiger partial charge on any atom is 0.236 e. The number of nitrogens with zero attached hydrogens (tertiary/aromatic N) is 1. The van der Waals surface area contributed by atoms with E-state index in [4.69, 9.17) is 23.7 Å². The smallest absolute Gasteiger partial charge is 0.236 e. The summed E-state index contributed by atoms with van der Waals surface area (Å²) in [5.74, 6) is -0.378. The number of nitrogens with two attached hydrogens (primary N) is 2. The molecule has 0 saturated carbocycles. The Morgan fingerprint density at radius 1 is 1.42 bits per heavy atom. The van der Waals surface area contributed by atoms with E-state index in [1.807, 2.05) is 43.2 Å². The fraction of sp³-hybridized carbons (Fsp3) is 0.385. The second-order valence-electron chi connectivity index (χ2n) is 4.41. The molecule has 0 saturated heterocycles. The SMILES string of the molecule is CSc1cccc(N(CC(N)=O)C(C)C)c1C(N)=S. The minimum absolute atomic E-state index is 0.123. The fourth-order valence-corrected chi connectivity index (χ4v) is 2.80. The van der Waals surface area contributed by atoms with E-state index in [9.17, 15) is 4.79 Å². The van der Waals surface area contributed by atoms with Crippen molar-refractivity contribution in [2.75, 3.05) is 17.7 Å². The van der Waals surface area contributed by atoms with Gasteiger partial charge in [0.1, 0.15) is 4.99 Å². The topological polar surface area (TPSA) is 72.3 Å². The van der Waals surface area contributed by atoms with E-state index in [2.05, 4.69) is 0 Å². The first-order chi connectivity index (χ1) is 8.88. The van der Waals surface area contributed by atoms with Crippen LogP contribution in [-0.2, 0) is 4.79 Å². The molecule has 4 N–H and O–H groups in total. The molecule has 0 radical (unpaired) electrons. The van der Waals surface area contributed by atoms with Crippen molar-refractivity contribution in [2.45, 2.75) is 24.8 Å². The molecule has 0 bridgehead atoms. The van der Waals surface area contributed by atoms with Gasteiger partial charge in [0.2, 0.25) is 5.91 Å². The number of benzene rings is 1. The fourth-order valence-electron chi connectivity index (χ4n) is 1.89. The molecular weight excluding hydrogens is 278 g/mol. The number of rotatable bonds is 6. The Morgan fingerprint density at radius 2 is 2.05 bits per heavy atom. The molecule has 0 unspecified atom stereocenters. The zero-order valence-electron chi connectivity index (χ0n) is 11.3. The van der Waals surface area contributed by atoms with Crippen molar-refractivity contribution in [1.82, 2.24) is 0 Å². The minimum atomic E-state index is -0.378. The Labute approximate surface area is 123 Å². The van der Waals surface area contributed by atoms with Crippen molar-refractivity contribution in [1.29, 1.82) is 0 Å². The molecule has 0 aromatic heterocycles. The highest BCUT2D eigenvalue weighted by molar-refractivity contribution is 7.98. The normalized spacial score (nSPS) is 10.5. The van der Waals surface area contributed by atoms with Crippen LogP contribution in [0.2, 0.25) is 0 Å². The van der Waals surface area contributed by atoms with Crippen molar-refractivity contribution < 1.29 is 4.79 Å². The van der Waals surface area contributed by atoms with Gasteiger partial charge < -0.3 is 16.4 Å². The molecule has 1 aromatic rings. The molecule has 1 aromatic carbocycles. The van der Waals surface area contributed by atoms with E-state index >= 15 is 0 Å². The number of carbonyl (C=O) groups is 1. The highest BCUT2D eigenvalue weighted by atomic mass is 32.2. The van der Waals surface area contributed by atoms with E-state index in [-0.39, 0.29) is 18.5 Å². The Balaban J connectivity index is 3.37. The third-order valence-electron chi connectivity index (χ3n) is 2.73. The second-order valence-corrected chi connectivity index (χ2v) is 5.69. The van der Waals surface area contributed by atoms with Gasteiger partial charge in [-0.3, -0.25) is 4.79 Å². The van der Waals surface area contributed by atoms with Gasteiger partial charge in [0, 0.05) is 22.2 Å². The highest BCUT2D eigenvalue weighted by Gasteiger charge is 2.19. The van der Waals surface area contributed by atoms with E-state index in [1.54, 1.807) is 11.8 Å². The van der Waals surface area contributed by atoms with Crippen LogP contribution in [0, 0.1) is 0 Å². The van der Waals surface area contributed by atoms with Crippen LogP contribution >= 0.6 is 24.0 Å². The number of carbonyl (C=O) groups excluding carboxylic acids is 1. The van der Waals surface area contributed by atoms with Crippen LogP contribution in [0.25, 0.3) is 0 Å². The Kier molecular flexibility index (Phi) is 5.62. The van der Waals surface area contributed by atoms with Gasteiger partial charge in [-0.2, -0.15) is 0 Å². The maximum absolute atomic E-state index is 11.2. The lowest BCUT2D eigenvalue weighted by Gasteiger charge is -2.30. The molecule has 1 rings (SSSR count). The van der Waals surface area contributed by atoms with Crippen molar-refractivity contribution in [3.8, 4) is 0 Å². The Morgan fingerprint density at radius 3 is 2.47 bits per heavy atom. The van der Waals surface area contributed by atoms with Crippen molar-refractivity contribution in [2.24, 2.45) is 11.5 Å². The Bertz CT molecular complexity index is 489. The van der Waals surface area contributed by atoms with Gasteiger partial charge in [-0.15, -0.1) is 11.8 Å². The number of thiocarbonyl (C=S) groups is 1. The van der Waals surface area contributed by atoms with Gasteiger partial charge in [0.25, 0.3) is 0 Å². The predicted molar refractivity (Wildman–Crippen MR) is 85.8 cm³/mol. The number of hydrogen-bond donors (Lipinski definition) is 2. The van der Waals surface area contributed by atoms with E-state index < -0.39 is 0 Å². The second kappa shape index (κ2) is 6.77. The lowest BCUT2D eigenvalue weighted by Crippen LogP contribution is -2.39. The third-order valence-corrected chi connectivity index (χ3v) is 3.71. The standard InChI is InChI=1S/C13H19N3OS2/c1-8(2)16(7-11(14)17)9-5-4-6-10(19-3)12(9)13(15)18/h4-6,8H,7H2,1-3H3,(H2,14,17)(H2,15,18). The predicted octanol–water partition coefficient (Wildman–Crippen LogP) is 1.74. The monoisotopic (exact) mass is 297 g/mol. The van der Waals surface area contributed by atoms with Crippen LogP contribution in [-0.4, -0.2) is 29.7 Å². The lowest BCUT2D eigenvalue weighted by molar-refractivity contribution is -0.116. The van der Waals surface area contributed by atoms with Crippen LogP contribution in [0.15, 0.2) is 23.1 Å². The molecule has 1 amide bonds. The van der Waals surface area contributed by atoms with Crippen molar-refractivity contribution >= 4 is 40.6 Å². The molecule has 0 aliphatic carbocycles. The summed E-state index contributed by atoms with van der Waals surface area (Å²) < 4.78 is 0. The average molecular weight is 297 g/mol. The summed E-state index contributed by atoms with van der Waals surface area (Å²) in [4.78, 5) is 14.5. The molecule has 19 heavy (non-hydrogen) atoms. The molecule has 0 atom stereocenters. The summed E-state index contributed by atoms with van der Waals surface area (Å²) >= 11 is 6.72. The molecule has 0 aliphatic rings. The van der Waals surface area contributed by atoms with Crippen LogP contribution in [0.1, 0.15) is 19.4 Å². The molecular formula is C13H19N3OS2. The molecule has 0 aliphatic heterocycles. The summed E-state index contributed by atoms with van der Waals surface area (Å²) in [5, 5.41) is 0. The van der Waals surface area contributed by atoms with E-state index in [1.165, 1.54) is 0 Å². The van der Waals surface area contributed by atoms with Gasteiger partial charge in [-0.25, -0.2) is 0 Å².